The minimum Gasteiger partial charge on any atom is -0.382 e. The molecule has 0 aliphatic carbocycles. The molecule has 0 fully saturated rings. The molecule has 94 valence electrons. The highest BCUT2D eigenvalue weighted by Gasteiger charge is 2.05. The summed E-state index contributed by atoms with van der Waals surface area (Å²) in [6.45, 7) is 4.33. The van der Waals surface area contributed by atoms with E-state index in [2.05, 4.69) is 24.1 Å². The highest BCUT2D eigenvalue weighted by Crippen LogP contribution is 2.12. The molecule has 1 aromatic rings. The smallest absolute Gasteiger partial charge is 0.267 e. The number of hydrogen-bond donors (Lipinski definition) is 2. The van der Waals surface area contributed by atoms with Crippen LogP contribution >= 0.6 is 0 Å². The lowest BCUT2D eigenvalue weighted by Crippen LogP contribution is -2.17. The minimum absolute atomic E-state index is 0.302. The topological polar surface area (TPSA) is 68.0 Å². The van der Waals surface area contributed by atoms with Crippen LogP contribution in [0.4, 0.5) is 5.69 Å². The van der Waals surface area contributed by atoms with E-state index in [9.17, 15) is 4.79 Å². The number of unbranched alkanes of at least 4 members (excludes halogenated alkanes) is 2. The van der Waals surface area contributed by atoms with Gasteiger partial charge in [-0.25, -0.2) is 0 Å². The van der Waals surface area contributed by atoms with Gasteiger partial charge in [0, 0.05) is 17.9 Å². The number of carbonyl (C=O) groups is 1. The van der Waals surface area contributed by atoms with Gasteiger partial charge >= 0.3 is 0 Å². The van der Waals surface area contributed by atoms with Crippen molar-refractivity contribution in [2.45, 2.75) is 45.6 Å². The van der Waals surface area contributed by atoms with Crippen molar-refractivity contribution in [2.75, 3.05) is 5.32 Å². The Labute approximate surface area is 103 Å². The molecular weight excluding hydrogens is 214 g/mol. The highest BCUT2D eigenvalue weighted by atomic mass is 16.1. The quantitative estimate of drug-likeness (QED) is 0.714. The van der Waals surface area contributed by atoms with Crippen LogP contribution in [-0.4, -0.2) is 16.9 Å². The van der Waals surface area contributed by atoms with Crippen LogP contribution in [0.3, 0.4) is 0 Å². The summed E-state index contributed by atoms with van der Waals surface area (Å²) in [7, 11) is 0. The van der Waals surface area contributed by atoms with Crippen LogP contribution in [-0.2, 0) is 0 Å². The van der Waals surface area contributed by atoms with Crippen molar-refractivity contribution in [3.63, 3.8) is 0 Å². The van der Waals surface area contributed by atoms with Crippen molar-refractivity contribution in [1.29, 1.82) is 0 Å². The summed E-state index contributed by atoms with van der Waals surface area (Å²) >= 11 is 0. The first-order valence-electron chi connectivity index (χ1n) is 6.16. The summed E-state index contributed by atoms with van der Waals surface area (Å²) in [6.07, 6.45) is 6.43. The van der Waals surface area contributed by atoms with Gasteiger partial charge in [-0.15, -0.1) is 0 Å². The Bertz CT molecular complexity index is 365. The van der Waals surface area contributed by atoms with Gasteiger partial charge in [-0.2, -0.15) is 0 Å². The van der Waals surface area contributed by atoms with Gasteiger partial charge in [-0.1, -0.05) is 26.2 Å². The molecule has 0 spiro atoms. The normalized spacial score (nSPS) is 12.1. The van der Waals surface area contributed by atoms with E-state index in [-0.39, 0.29) is 0 Å². The van der Waals surface area contributed by atoms with Crippen LogP contribution in [0.15, 0.2) is 18.3 Å². The lowest BCUT2D eigenvalue weighted by molar-refractivity contribution is 0.0995. The minimum atomic E-state index is -0.493. The first-order chi connectivity index (χ1) is 8.13. The molecule has 0 saturated heterocycles. The molecule has 0 saturated carbocycles. The van der Waals surface area contributed by atoms with Crippen molar-refractivity contribution in [3.05, 3.63) is 24.0 Å². The molecule has 17 heavy (non-hydrogen) atoms. The number of nitrogens with one attached hydrogen (secondary N) is 1. The van der Waals surface area contributed by atoms with Crippen LogP contribution in [0, 0.1) is 0 Å². The largest absolute Gasteiger partial charge is 0.382 e. The zero-order chi connectivity index (χ0) is 12.7. The molecule has 0 radical (unpaired) electrons. The van der Waals surface area contributed by atoms with Gasteiger partial charge in [-0.3, -0.25) is 9.78 Å². The van der Waals surface area contributed by atoms with E-state index in [1.807, 2.05) is 6.07 Å². The Balaban J connectivity index is 2.50. The molecule has 1 rings (SSSR count). The van der Waals surface area contributed by atoms with Crippen LogP contribution < -0.4 is 11.1 Å². The van der Waals surface area contributed by atoms with Gasteiger partial charge < -0.3 is 11.1 Å². The first-order valence-corrected chi connectivity index (χ1v) is 6.16. The van der Waals surface area contributed by atoms with E-state index in [1.165, 1.54) is 19.3 Å². The predicted octanol–water partition coefficient (Wildman–Crippen LogP) is 2.56. The zero-order valence-electron chi connectivity index (χ0n) is 10.6. The maximum Gasteiger partial charge on any atom is 0.267 e. The van der Waals surface area contributed by atoms with E-state index in [0.29, 0.717) is 11.7 Å². The van der Waals surface area contributed by atoms with Crippen molar-refractivity contribution in [3.8, 4) is 0 Å². The fraction of sp³-hybridized carbons (Fsp3) is 0.538. The van der Waals surface area contributed by atoms with E-state index >= 15 is 0 Å². The molecule has 3 N–H and O–H groups in total. The highest BCUT2D eigenvalue weighted by molar-refractivity contribution is 5.91. The summed E-state index contributed by atoms with van der Waals surface area (Å²) in [5, 5.41) is 3.35. The van der Waals surface area contributed by atoms with Gasteiger partial charge in [0.05, 0.1) is 0 Å². The molecule has 0 aromatic carbocycles. The second-order valence-corrected chi connectivity index (χ2v) is 4.34. The monoisotopic (exact) mass is 235 g/mol. The van der Waals surface area contributed by atoms with E-state index < -0.39 is 5.91 Å². The lowest BCUT2D eigenvalue weighted by atomic mass is 10.1. The number of carbonyl (C=O) groups excluding carboxylic acids is 1. The number of amides is 1. The first kappa shape index (κ1) is 13.5. The third-order valence-electron chi connectivity index (χ3n) is 2.67. The molecule has 4 nitrogen and oxygen atoms in total. The molecule has 1 unspecified atom stereocenters. The Kier molecular flexibility index (Phi) is 5.46. The summed E-state index contributed by atoms with van der Waals surface area (Å²) in [5.74, 6) is -0.493. The number of nitrogens with two attached hydrogens (primary N) is 1. The molecule has 1 heterocycles. The molecule has 4 heteroatoms. The molecule has 0 aliphatic heterocycles. The number of nitrogens with zero attached hydrogens (tertiary/aromatic N) is 1. The van der Waals surface area contributed by atoms with Crippen molar-refractivity contribution >= 4 is 11.6 Å². The standard InChI is InChI=1S/C13H21N3O/c1-3-4-5-6-10(2)16-11-7-8-15-12(9-11)13(14)17/h7-10H,3-6H2,1-2H3,(H2,14,17)(H,15,16). The molecule has 1 atom stereocenters. The average Bonchev–Trinajstić information content (AvgIpc) is 2.29. The van der Waals surface area contributed by atoms with Crippen LogP contribution in [0.2, 0.25) is 0 Å². The maximum absolute atomic E-state index is 11.0. The Morgan fingerprint density at radius 2 is 2.29 bits per heavy atom. The molecule has 0 bridgehead atoms. The van der Waals surface area contributed by atoms with Gasteiger partial charge in [0.1, 0.15) is 5.69 Å². The van der Waals surface area contributed by atoms with Crippen LogP contribution in [0.25, 0.3) is 0 Å². The summed E-state index contributed by atoms with van der Waals surface area (Å²) in [4.78, 5) is 14.9. The zero-order valence-corrected chi connectivity index (χ0v) is 10.6. The van der Waals surface area contributed by atoms with E-state index in [4.69, 9.17) is 5.73 Å². The summed E-state index contributed by atoms with van der Waals surface area (Å²) < 4.78 is 0. The third-order valence-corrected chi connectivity index (χ3v) is 2.67. The molecule has 0 aliphatic rings. The predicted molar refractivity (Wildman–Crippen MR) is 70.0 cm³/mol. The number of hydrogen-bond acceptors (Lipinski definition) is 3. The van der Waals surface area contributed by atoms with Crippen LogP contribution in [0.5, 0.6) is 0 Å². The van der Waals surface area contributed by atoms with Crippen molar-refractivity contribution < 1.29 is 4.79 Å². The number of rotatable bonds is 7. The van der Waals surface area contributed by atoms with Gasteiger partial charge in [0.15, 0.2) is 0 Å². The fourth-order valence-electron chi connectivity index (χ4n) is 1.71. The number of pyridine rings is 1. The van der Waals surface area contributed by atoms with Gasteiger partial charge in [-0.05, 0) is 25.5 Å². The van der Waals surface area contributed by atoms with Crippen LogP contribution in [0.1, 0.15) is 50.0 Å². The second-order valence-electron chi connectivity index (χ2n) is 4.34. The lowest BCUT2D eigenvalue weighted by Gasteiger charge is -2.15. The number of anilines is 1. The Morgan fingerprint density at radius 1 is 1.53 bits per heavy atom. The molecular formula is C13H21N3O. The fourth-order valence-corrected chi connectivity index (χ4v) is 1.71. The summed E-state index contributed by atoms with van der Waals surface area (Å²) in [5.41, 5.74) is 6.38. The summed E-state index contributed by atoms with van der Waals surface area (Å²) in [6, 6.07) is 3.94. The SMILES string of the molecule is CCCCCC(C)Nc1ccnc(C(N)=O)c1. The number of primary amides is 1. The average molecular weight is 235 g/mol. The third kappa shape index (κ3) is 4.85. The number of aromatic nitrogens is 1. The Hall–Kier alpha value is -1.58. The Morgan fingerprint density at radius 3 is 2.94 bits per heavy atom. The maximum atomic E-state index is 11.0. The van der Waals surface area contributed by atoms with Crippen molar-refractivity contribution in [2.24, 2.45) is 5.73 Å². The van der Waals surface area contributed by atoms with Gasteiger partial charge in [0.2, 0.25) is 0 Å². The van der Waals surface area contributed by atoms with Gasteiger partial charge in [0.25, 0.3) is 5.91 Å². The molecule has 1 amide bonds. The van der Waals surface area contributed by atoms with E-state index in [1.54, 1.807) is 12.3 Å². The van der Waals surface area contributed by atoms with Crippen molar-refractivity contribution in [1.82, 2.24) is 4.98 Å². The van der Waals surface area contributed by atoms with E-state index in [0.717, 1.165) is 12.1 Å². The second kappa shape index (κ2) is 6.89. The molecule has 1 aromatic heterocycles.